The van der Waals surface area contributed by atoms with Gasteiger partial charge >= 0.3 is 0 Å². The maximum absolute atomic E-state index is 5.11. The molecule has 94 valence electrons. The molecule has 0 atom stereocenters. The number of methoxy groups -OCH3 is 1. The molecule has 0 spiro atoms. The molecule has 2 nitrogen and oxygen atoms in total. The molecule has 0 aromatic heterocycles. The van der Waals surface area contributed by atoms with Gasteiger partial charge in [0.25, 0.3) is 0 Å². The Balaban J connectivity index is 2.02. The summed E-state index contributed by atoms with van der Waals surface area (Å²) in [6.45, 7) is 3.07. The smallest absolute Gasteiger partial charge is 0.0462 e. The molecule has 0 aliphatic carbocycles. The van der Waals surface area contributed by atoms with Crippen LogP contribution < -0.4 is 5.32 Å². The first-order valence-electron chi connectivity index (χ1n) is 6.23. The van der Waals surface area contributed by atoms with Crippen LogP contribution in [0.5, 0.6) is 0 Å². The summed E-state index contributed by atoms with van der Waals surface area (Å²) in [6, 6.07) is 8.61. The quantitative estimate of drug-likeness (QED) is 0.815. The van der Waals surface area contributed by atoms with Crippen molar-refractivity contribution >= 4 is 15.9 Å². The number of ether oxygens (including phenoxy) is 1. The van der Waals surface area contributed by atoms with E-state index in [1.807, 2.05) is 0 Å². The first kappa shape index (κ1) is 13.1. The number of rotatable bonds is 6. The van der Waals surface area contributed by atoms with Crippen molar-refractivity contribution in [1.29, 1.82) is 0 Å². The Hall–Kier alpha value is -0.380. The van der Waals surface area contributed by atoms with Crippen molar-refractivity contribution in [2.24, 2.45) is 0 Å². The Bertz CT molecular complexity index is 363. The molecule has 1 N–H and O–H groups in total. The third-order valence-corrected chi connectivity index (χ3v) is 4.32. The molecule has 1 aliphatic rings. The van der Waals surface area contributed by atoms with Crippen LogP contribution in [0.3, 0.4) is 0 Å². The van der Waals surface area contributed by atoms with Gasteiger partial charge in [-0.2, -0.15) is 0 Å². The summed E-state index contributed by atoms with van der Waals surface area (Å²) >= 11 is 3.68. The number of hydrogen-bond donors (Lipinski definition) is 1. The van der Waals surface area contributed by atoms with Crippen molar-refractivity contribution in [3.63, 3.8) is 0 Å². The van der Waals surface area contributed by atoms with E-state index in [4.69, 9.17) is 4.74 Å². The normalized spacial score (nSPS) is 17.8. The molecule has 0 saturated carbocycles. The van der Waals surface area contributed by atoms with Gasteiger partial charge in [0.05, 0.1) is 0 Å². The molecule has 1 saturated heterocycles. The Kier molecular flexibility index (Phi) is 4.60. The number of nitrogens with one attached hydrogen (secondary N) is 1. The second kappa shape index (κ2) is 5.98. The van der Waals surface area contributed by atoms with E-state index in [-0.39, 0.29) is 0 Å². The van der Waals surface area contributed by atoms with E-state index in [2.05, 4.69) is 45.5 Å². The van der Waals surface area contributed by atoms with Crippen LogP contribution >= 0.6 is 15.9 Å². The van der Waals surface area contributed by atoms with Crippen LogP contribution in [0.2, 0.25) is 0 Å². The lowest BCUT2D eigenvalue weighted by molar-refractivity contribution is 0.181. The second-order valence-electron chi connectivity index (χ2n) is 4.81. The van der Waals surface area contributed by atoms with Gasteiger partial charge in [-0.15, -0.1) is 0 Å². The zero-order valence-electron chi connectivity index (χ0n) is 10.3. The predicted octanol–water partition coefficient (Wildman–Crippen LogP) is 3.11. The largest absolute Gasteiger partial charge is 0.385 e. The van der Waals surface area contributed by atoms with Gasteiger partial charge in [0.1, 0.15) is 0 Å². The monoisotopic (exact) mass is 297 g/mol. The van der Waals surface area contributed by atoms with E-state index in [0.717, 1.165) is 26.1 Å². The average molecular weight is 298 g/mol. The van der Waals surface area contributed by atoms with Gasteiger partial charge in [0, 0.05) is 36.7 Å². The minimum absolute atomic E-state index is 0.341. The molecular weight excluding hydrogens is 278 g/mol. The number of benzene rings is 1. The Morgan fingerprint density at radius 3 is 2.65 bits per heavy atom. The van der Waals surface area contributed by atoms with E-state index in [1.54, 1.807) is 7.11 Å². The summed E-state index contributed by atoms with van der Waals surface area (Å²) in [5, 5.41) is 3.42. The fourth-order valence-electron chi connectivity index (χ4n) is 2.53. The number of hydrogen-bond acceptors (Lipinski definition) is 2. The summed E-state index contributed by atoms with van der Waals surface area (Å²) < 4.78 is 6.36. The molecule has 3 heteroatoms. The summed E-state index contributed by atoms with van der Waals surface area (Å²) in [5.74, 6) is 0. The van der Waals surface area contributed by atoms with Crippen molar-refractivity contribution in [1.82, 2.24) is 5.32 Å². The highest BCUT2D eigenvalue weighted by atomic mass is 79.9. The molecule has 0 unspecified atom stereocenters. The van der Waals surface area contributed by atoms with E-state index in [9.17, 15) is 0 Å². The third kappa shape index (κ3) is 2.90. The van der Waals surface area contributed by atoms with Crippen LogP contribution in [0.4, 0.5) is 0 Å². The van der Waals surface area contributed by atoms with Crippen LogP contribution in [0.15, 0.2) is 28.7 Å². The van der Waals surface area contributed by atoms with Crippen LogP contribution in [0.25, 0.3) is 0 Å². The molecule has 1 aromatic carbocycles. The molecule has 0 bridgehead atoms. The molecule has 17 heavy (non-hydrogen) atoms. The molecule has 1 aliphatic heterocycles. The van der Waals surface area contributed by atoms with E-state index in [1.165, 1.54) is 22.9 Å². The first-order valence-corrected chi connectivity index (χ1v) is 7.02. The maximum atomic E-state index is 5.11. The lowest BCUT2D eigenvalue weighted by atomic mass is 9.71. The fraction of sp³-hybridized carbons (Fsp3) is 0.571. The van der Waals surface area contributed by atoms with Gasteiger partial charge in [0.15, 0.2) is 0 Å². The second-order valence-corrected chi connectivity index (χ2v) is 5.67. The highest BCUT2D eigenvalue weighted by Crippen LogP contribution is 2.37. The molecular formula is C14H20BrNO. The molecule has 0 amide bonds. The highest BCUT2D eigenvalue weighted by molar-refractivity contribution is 9.10. The van der Waals surface area contributed by atoms with Gasteiger partial charge in [0.2, 0.25) is 0 Å². The molecule has 1 aromatic rings. The molecule has 2 rings (SSSR count). The van der Waals surface area contributed by atoms with Crippen molar-refractivity contribution < 1.29 is 4.74 Å². The first-order chi connectivity index (χ1) is 8.28. The van der Waals surface area contributed by atoms with Crippen molar-refractivity contribution in [2.45, 2.75) is 24.7 Å². The SMILES string of the molecule is COCCCCC1(c2ccccc2Br)CNC1. The lowest BCUT2D eigenvalue weighted by Gasteiger charge is -2.44. The Morgan fingerprint density at radius 1 is 1.29 bits per heavy atom. The minimum atomic E-state index is 0.341. The number of unbranched alkanes of at least 4 members (excludes halogenated alkanes) is 1. The van der Waals surface area contributed by atoms with E-state index >= 15 is 0 Å². The van der Waals surface area contributed by atoms with Crippen LogP contribution in [-0.2, 0) is 10.2 Å². The fourth-order valence-corrected chi connectivity index (χ4v) is 3.24. The van der Waals surface area contributed by atoms with Crippen molar-refractivity contribution in [2.75, 3.05) is 26.8 Å². The van der Waals surface area contributed by atoms with Crippen LogP contribution in [0, 0.1) is 0 Å². The van der Waals surface area contributed by atoms with Gasteiger partial charge in [-0.05, 0) is 24.5 Å². The number of halogens is 1. The lowest BCUT2D eigenvalue weighted by Crippen LogP contribution is -2.56. The Labute approximate surface area is 112 Å². The average Bonchev–Trinajstić information content (AvgIpc) is 2.29. The van der Waals surface area contributed by atoms with Gasteiger partial charge in [-0.3, -0.25) is 0 Å². The minimum Gasteiger partial charge on any atom is -0.385 e. The highest BCUT2D eigenvalue weighted by Gasteiger charge is 2.38. The zero-order chi connectivity index (χ0) is 12.1. The Morgan fingerprint density at radius 2 is 2.06 bits per heavy atom. The molecule has 0 radical (unpaired) electrons. The maximum Gasteiger partial charge on any atom is 0.0462 e. The standard InChI is InChI=1S/C14H20BrNO/c1-17-9-5-4-8-14(10-16-11-14)12-6-2-3-7-13(12)15/h2-3,6-7,16H,4-5,8-11H2,1H3. The van der Waals surface area contributed by atoms with Gasteiger partial charge in [-0.1, -0.05) is 40.5 Å². The summed E-state index contributed by atoms with van der Waals surface area (Å²) in [6.07, 6.45) is 3.63. The van der Waals surface area contributed by atoms with Gasteiger partial charge < -0.3 is 10.1 Å². The summed E-state index contributed by atoms with van der Waals surface area (Å²) in [7, 11) is 1.77. The van der Waals surface area contributed by atoms with Crippen LogP contribution in [-0.4, -0.2) is 26.8 Å². The van der Waals surface area contributed by atoms with Crippen molar-refractivity contribution in [3.05, 3.63) is 34.3 Å². The van der Waals surface area contributed by atoms with E-state index < -0.39 is 0 Å². The molecule has 1 fully saturated rings. The summed E-state index contributed by atoms with van der Waals surface area (Å²) in [4.78, 5) is 0. The van der Waals surface area contributed by atoms with Gasteiger partial charge in [-0.25, -0.2) is 0 Å². The summed E-state index contributed by atoms with van der Waals surface area (Å²) in [5.41, 5.74) is 1.80. The molecule has 1 heterocycles. The van der Waals surface area contributed by atoms with Crippen molar-refractivity contribution in [3.8, 4) is 0 Å². The topological polar surface area (TPSA) is 21.3 Å². The predicted molar refractivity (Wildman–Crippen MR) is 74.4 cm³/mol. The zero-order valence-corrected chi connectivity index (χ0v) is 11.9. The van der Waals surface area contributed by atoms with E-state index in [0.29, 0.717) is 5.41 Å². The third-order valence-electron chi connectivity index (χ3n) is 3.63. The van der Waals surface area contributed by atoms with Crippen LogP contribution in [0.1, 0.15) is 24.8 Å².